The van der Waals surface area contributed by atoms with Crippen LogP contribution in [0.15, 0.2) is 41.8 Å². The van der Waals surface area contributed by atoms with Crippen molar-refractivity contribution in [2.45, 2.75) is 6.61 Å². The van der Waals surface area contributed by atoms with Gasteiger partial charge in [-0.2, -0.15) is 0 Å². The van der Waals surface area contributed by atoms with E-state index in [1.54, 1.807) is 24.3 Å². The zero-order valence-corrected chi connectivity index (χ0v) is 11.8. The van der Waals surface area contributed by atoms with Gasteiger partial charge in [-0.3, -0.25) is 4.79 Å². The predicted octanol–water partition coefficient (Wildman–Crippen LogP) is 2.52. The number of hydrogen-bond acceptors (Lipinski definition) is 4. The van der Waals surface area contributed by atoms with Crippen LogP contribution in [0.4, 0.5) is 0 Å². The summed E-state index contributed by atoms with van der Waals surface area (Å²) < 4.78 is 5.62. The minimum Gasteiger partial charge on any atom is -0.487 e. The van der Waals surface area contributed by atoms with Crippen molar-refractivity contribution in [1.82, 2.24) is 0 Å². The molecule has 1 aromatic heterocycles. The molecule has 0 unspecified atom stereocenters. The van der Waals surface area contributed by atoms with Crippen molar-refractivity contribution in [1.29, 1.82) is 0 Å². The van der Waals surface area contributed by atoms with E-state index in [2.05, 4.69) is 0 Å². The zero-order chi connectivity index (χ0) is 15.2. The zero-order valence-electron chi connectivity index (χ0n) is 11.0. The van der Waals surface area contributed by atoms with Crippen molar-refractivity contribution in [2.24, 2.45) is 5.73 Å². The number of thiophene rings is 1. The van der Waals surface area contributed by atoms with Gasteiger partial charge in [0.25, 0.3) is 5.91 Å². The first-order chi connectivity index (χ1) is 10.1. The molecule has 1 aromatic carbocycles. The highest BCUT2D eigenvalue weighted by Crippen LogP contribution is 2.23. The van der Waals surface area contributed by atoms with Gasteiger partial charge in [0.05, 0.1) is 5.56 Å². The van der Waals surface area contributed by atoms with Crippen LogP contribution in [0.3, 0.4) is 0 Å². The average Bonchev–Trinajstić information content (AvgIpc) is 2.90. The van der Waals surface area contributed by atoms with Gasteiger partial charge >= 0.3 is 5.97 Å². The molecule has 0 aliphatic rings. The lowest BCUT2D eigenvalue weighted by Gasteiger charge is -2.09. The number of nitrogens with two attached hydrogens (primary N) is 1. The summed E-state index contributed by atoms with van der Waals surface area (Å²) in [4.78, 5) is 22.7. The fraction of sp³-hybridized carbons (Fsp3) is 0.0667. The third-order valence-electron chi connectivity index (χ3n) is 2.70. The Hall–Kier alpha value is -2.60. The van der Waals surface area contributed by atoms with Crippen molar-refractivity contribution in [3.8, 4) is 5.75 Å². The molecular formula is C15H13NO4S. The number of carboxylic acids is 1. The number of carbonyl (C=O) groups excluding carboxylic acids is 1. The lowest BCUT2D eigenvalue weighted by molar-refractivity contribution is -0.131. The smallest absolute Gasteiger partial charge is 0.328 e. The maximum atomic E-state index is 11.3. The Labute approximate surface area is 125 Å². The molecule has 5 nitrogen and oxygen atoms in total. The quantitative estimate of drug-likeness (QED) is 0.802. The Morgan fingerprint density at radius 1 is 1.29 bits per heavy atom. The summed E-state index contributed by atoms with van der Waals surface area (Å²) in [6.45, 7) is 0.237. The van der Waals surface area contributed by atoms with Gasteiger partial charge in [0.1, 0.15) is 12.4 Å². The van der Waals surface area contributed by atoms with Gasteiger partial charge in [-0.1, -0.05) is 12.1 Å². The van der Waals surface area contributed by atoms with Crippen LogP contribution in [0.2, 0.25) is 0 Å². The number of ether oxygens (including phenoxy) is 1. The number of hydrogen-bond donors (Lipinski definition) is 2. The third-order valence-corrected chi connectivity index (χ3v) is 3.61. The highest BCUT2D eigenvalue weighted by molar-refractivity contribution is 7.10. The van der Waals surface area contributed by atoms with E-state index in [4.69, 9.17) is 15.6 Å². The van der Waals surface area contributed by atoms with Crippen LogP contribution in [0.25, 0.3) is 6.08 Å². The number of amides is 1. The maximum absolute atomic E-state index is 11.3. The molecule has 108 valence electrons. The SMILES string of the molecule is NC(=O)c1ccccc1OCc1sccc1C=CC(=O)O. The van der Waals surface area contributed by atoms with Gasteiger partial charge in [-0.15, -0.1) is 11.3 Å². The molecule has 3 N–H and O–H groups in total. The standard InChI is InChI=1S/C15H13NO4S/c16-15(19)11-3-1-2-4-12(11)20-9-13-10(7-8-21-13)5-6-14(17)18/h1-8H,9H2,(H2,16,19)(H,17,18). The van der Waals surface area contributed by atoms with E-state index in [0.29, 0.717) is 11.3 Å². The molecule has 2 rings (SSSR count). The molecule has 0 radical (unpaired) electrons. The number of benzene rings is 1. The van der Waals surface area contributed by atoms with Gasteiger partial charge in [-0.25, -0.2) is 4.79 Å². The molecular weight excluding hydrogens is 290 g/mol. The van der Waals surface area contributed by atoms with Crippen LogP contribution in [0.5, 0.6) is 5.75 Å². The van der Waals surface area contributed by atoms with Crippen LogP contribution < -0.4 is 10.5 Å². The topological polar surface area (TPSA) is 89.6 Å². The van der Waals surface area contributed by atoms with Crippen molar-refractivity contribution in [3.63, 3.8) is 0 Å². The van der Waals surface area contributed by atoms with E-state index in [1.165, 1.54) is 17.4 Å². The Morgan fingerprint density at radius 3 is 2.76 bits per heavy atom. The molecule has 1 amide bonds. The lowest BCUT2D eigenvalue weighted by atomic mass is 10.2. The summed E-state index contributed by atoms with van der Waals surface area (Å²) in [6.07, 6.45) is 2.58. The first kappa shape index (κ1) is 14.8. The molecule has 0 saturated carbocycles. The van der Waals surface area contributed by atoms with Crippen molar-refractivity contribution >= 4 is 29.3 Å². The molecule has 0 bridgehead atoms. The maximum Gasteiger partial charge on any atom is 0.328 e. The fourth-order valence-electron chi connectivity index (χ4n) is 1.72. The highest BCUT2D eigenvalue weighted by Gasteiger charge is 2.09. The van der Waals surface area contributed by atoms with Crippen LogP contribution in [0.1, 0.15) is 20.8 Å². The second kappa shape index (κ2) is 6.71. The van der Waals surface area contributed by atoms with E-state index in [1.807, 2.05) is 11.4 Å². The second-order valence-corrected chi connectivity index (χ2v) is 5.12. The predicted molar refractivity (Wildman–Crippen MR) is 80.3 cm³/mol. The van der Waals surface area contributed by atoms with Crippen molar-refractivity contribution in [2.75, 3.05) is 0 Å². The monoisotopic (exact) mass is 303 g/mol. The number of primary amides is 1. The van der Waals surface area contributed by atoms with Gasteiger partial charge in [0, 0.05) is 11.0 Å². The average molecular weight is 303 g/mol. The van der Waals surface area contributed by atoms with Crippen LogP contribution in [-0.4, -0.2) is 17.0 Å². The second-order valence-electron chi connectivity index (χ2n) is 4.12. The minimum atomic E-state index is -1.01. The molecule has 0 spiro atoms. The minimum absolute atomic E-state index is 0.237. The molecule has 0 atom stereocenters. The van der Waals surface area contributed by atoms with Crippen molar-refractivity contribution in [3.05, 3.63) is 57.8 Å². The Morgan fingerprint density at radius 2 is 2.05 bits per heavy atom. The Kier molecular flexibility index (Phi) is 4.73. The van der Waals surface area contributed by atoms with Crippen LogP contribution in [0, 0.1) is 0 Å². The fourth-order valence-corrected chi connectivity index (χ4v) is 2.49. The molecule has 0 saturated heterocycles. The summed E-state index contributed by atoms with van der Waals surface area (Å²) in [5.41, 5.74) is 6.37. The number of para-hydroxylation sites is 1. The third kappa shape index (κ3) is 3.93. The van der Waals surface area contributed by atoms with Crippen molar-refractivity contribution < 1.29 is 19.4 Å². The Balaban J connectivity index is 2.13. The summed E-state index contributed by atoms with van der Waals surface area (Å²) in [7, 11) is 0. The summed E-state index contributed by atoms with van der Waals surface area (Å²) in [6, 6.07) is 8.53. The number of rotatable bonds is 6. The number of carbonyl (C=O) groups is 2. The summed E-state index contributed by atoms with van der Waals surface area (Å²) in [5.74, 6) is -1.15. The molecule has 21 heavy (non-hydrogen) atoms. The van der Waals surface area contributed by atoms with Crippen LogP contribution >= 0.6 is 11.3 Å². The molecule has 0 aliphatic carbocycles. The normalized spacial score (nSPS) is 10.7. The van der Waals surface area contributed by atoms with Crippen LogP contribution in [-0.2, 0) is 11.4 Å². The molecule has 0 aliphatic heterocycles. The molecule has 2 aromatic rings. The van der Waals surface area contributed by atoms with E-state index >= 15 is 0 Å². The molecule has 0 fully saturated rings. The van der Waals surface area contributed by atoms with Gasteiger partial charge in [-0.05, 0) is 35.2 Å². The van der Waals surface area contributed by atoms with Gasteiger partial charge in [0.2, 0.25) is 0 Å². The number of aliphatic carboxylic acids is 1. The van der Waals surface area contributed by atoms with Gasteiger partial charge in [0.15, 0.2) is 0 Å². The van der Waals surface area contributed by atoms with E-state index in [9.17, 15) is 9.59 Å². The van der Waals surface area contributed by atoms with E-state index in [-0.39, 0.29) is 6.61 Å². The van der Waals surface area contributed by atoms with E-state index in [0.717, 1.165) is 16.5 Å². The first-order valence-electron chi connectivity index (χ1n) is 6.07. The summed E-state index contributed by atoms with van der Waals surface area (Å²) >= 11 is 1.45. The van der Waals surface area contributed by atoms with Gasteiger partial charge < -0.3 is 15.6 Å². The number of carboxylic acid groups (broad SMARTS) is 1. The molecule has 1 heterocycles. The Bertz CT molecular complexity index is 690. The first-order valence-corrected chi connectivity index (χ1v) is 6.95. The van der Waals surface area contributed by atoms with E-state index < -0.39 is 11.9 Å². The lowest BCUT2D eigenvalue weighted by Crippen LogP contribution is -2.12. The largest absolute Gasteiger partial charge is 0.487 e. The highest BCUT2D eigenvalue weighted by atomic mass is 32.1. The summed E-state index contributed by atoms with van der Waals surface area (Å²) in [5, 5.41) is 10.5. The molecule has 6 heteroatoms.